The van der Waals surface area contributed by atoms with E-state index in [-0.39, 0.29) is 11.6 Å². The molecule has 104 valence electrons. The number of anilines is 2. The van der Waals surface area contributed by atoms with Crippen LogP contribution in [0.1, 0.15) is 12.6 Å². The maximum atomic E-state index is 10.7. The number of nitrogens with two attached hydrogens (primary N) is 1. The minimum Gasteiger partial charge on any atom is -0.372 e. The second-order valence-electron chi connectivity index (χ2n) is 4.16. The Bertz CT molecular complexity index is 615. The van der Waals surface area contributed by atoms with Gasteiger partial charge in [-0.2, -0.15) is 4.98 Å². The quantitative estimate of drug-likeness (QED) is 0.653. The highest BCUT2D eigenvalue weighted by molar-refractivity contribution is 5.78. The van der Waals surface area contributed by atoms with E-state index in [9.17, 15) is 10.1 Å². The molecule has 2 aromatic rings. The Kier molecular flexibility index (Phi) is 3.79. The number of hydrogen-bond acceptors (Lipinski definition) is 6. The van der Waals surface area contributed by atoms with Crippen LogP contribution in [0, 0.1) is 10.1 Å². The molecule has 0 unspecified atom stereocenters. The first-order valence-corrected chi connectivity index (χ1v) is 6.15. The van der Waals surface area contributed by atoms with Gasteiger partial charge < -0.3 is 11.1 Å². The van der Waals surface area contributed by atoms with Gasteiger partial charge in [0.15, 0.2) is 0 Å². The lowest BCUT2D eigenvalue weighted by Gasteiger charge is -2.13. The van der Waals surface area contributed by atoms with Crippen molar-refractivity contribution in [1.82, 2.24) is 9.97 Å². The maximum absolute atomic E-state index is 10.7. The summed E-state index contributed by atoms with van der Waals surface area (Å²) in [5.41, 5.74) is 8.16. The third kappa shape index (κ3) is 2.51. The summed E-state index contributed by atoms with van der Waals surface area (Å²) in [5, 5.41) is 13.7. The summed E-state index contributed by atoms with van der Waals surface area (Å²) >= 11 is 0. The number of nitro benzene ring substituents is 1. The van der Waals surface area contributed by atoms with E-state index in [0.717, 1.165) is 16.8 Å². The largest absolute Gasteiger partial charge is 0.372 e. The van der Waals surface area contributed by atoms with Crippen molar-refractivity contribution in [1.29, 1.82) is 0 Å². The van der Waals surface area contributed by atoms with Crippen LogP contribution in [-0.4, -0.2) is 21.9 Å². The Morgan fingerprint density at radius 2 is 1.95 bits per heavy atom. The molecule has 20 heavy (non-hydrogen) atoms. The highest BCUT2D eigenvalue weighted by Gasteiger charge is 2.14. The Balaban J connectivity index is 2.58. The van der Waals surface area contributed by atoms with E-state index in [1.165, 1.54) is 12.1 Å². The molecule has 0 aliphatic heterocycles. The molecule has 0 aliphatic rings. The maximum Gasteiger partial charge on any atom is 0.269 e. The van der Waals surface area contributed by atoms with E-state index < -0.39 is 4.92 Å². The SMILES string of the molecule is CCc1nc(N)nc(NC)c1-c1ccc([N+](=O)[O-])cc1. The van der Waals surface area contributed by atoms with Crippen LogP contribution in [-0.2, 0) is 6.42 Å². The molecule has 0 fully saturated rings. The van der Waals surface area contributed by atoms with E-state index in [0.29, 0.717) is 12.2 Å². The summed E-state index contributed by atoms with van der Waals surface area (Å²) in [7, 11) is 1.75. The third-order valence-electron chi connectivity index (χ3n) is 2.94. The zero-order chi connectivity index (χ0) is 14.7. The van der Waals surface area contributed by atoms with E-state index in [1.54, 1.807) is 19.2 Å². The number of rotatable bonds is 4. The van der Waals surface area contributed by atoms with Crippen LogP contribution >= 0.6 is 0 Å². The van der Waals surface area contributed by atoms with Crippen LogP contribution < -0.4 is 11.1 Å². The van der Waals surface area contributed by atoms with Gasteiger partial charge in [0, 0.05) is 24.7 Å². The number of nitrogens with one attached hydrogen (secondary N) is 1. The van der Waals surface area contributed by atoms with Gasteiger partial charge in [0.2, 0.25) is 5.95 Å². The van der Waals surface area contributed by atoms with Crippen molar-refractivity contribution in [2.45, 2.75) is 13.3 Å². The number of aryl methyl sites for hydroxylation is 1. The first-order valence-electron chi connectivity index (χ1n) is 6.15. The van der Waals surface area contributed by atoms with E-state index >= 15 is 0 Å². The smallest absolute Gasteiger partial charge is 0.269 e. The van der Waals surface area contributed by atoms with Gasteiger partial charge in [0.25, 0.3) is 5.69 Å². The number of benzene rings is 1. The van der Waals surface area contributed by atoms with Crippen LogP contribution in [0.5, 0.6) is 0 Å². The fourth-order valence-electron chi connectivity index (χ4n) is 2.02. The van der Waals surface area contributed by atoms with Crippen molar-refractivity contribution in [3.05, 3.63) is 40.1 Å². The molecule has 1 heterocycles. The number of nitrogens with zero attached hydrogens (tertiary/aromatic N) is 3. The minimum absolute atomic E-state index is 0.0502. The molecule has 0 amide bonds. The van der Waals surface area contributed by atoms with Gasteiger partial charge in [-0.05, 0) is 24.1 Å². The Morgan fingerprint density at radius 1 is 1.30 bits per heavy atom. The molecule has 7 nitrogen and oxygen atoms in total. The summed E-state index contributed by atoms with van der Waals surface area (Å²) < 4.78 is 0. The topological polar surface area (TPSA) is 107 Å². The van der Waals surface area contributed by atoms with E-state index in [2.05, 4.69) is 15.3 Å². The zero-order valence-electron chi connectivity index (χ0n) is 11.3. The monoisotopic (exact) mass is 273 g/mol. The molecular weight excluding hydrogens is 258 g/mol. The minimum atomic E-state index is -0.428. The molecular formula is C13H15N5O2. The predicted octanol–water partition coefficient (Wildman–Crippen LogP) is 2.24. The van der Waals surface area contributed by atoms with Gasteiger partial charge in [-0.3, -0.25) is 10.1 Å². The summed E-state index contributed by atoms with van der Waals surface area (Å²) in [6, 6.07) is 6.30. The molecule has 1 aromatic carbocycles. The summed E-state index contributed by atoms with van der Waals surface area (Å²) in [4.78, 5) is 18.6. The number of nitrogen functional groups attached to an aromatic ring is 1. The molecule has 7 heteroatoms. The van der Waals surface area contributed by atoms with Gasteiger partial charge in [0.05, 0.1) is 10.6 Å². The molecule has 0 radical (unpaired) electrons. The first kappa shape index (κ1) is 13.7. The third-order valence-corrected chi connectivity index (χ3v) is 2.94. The average molecular weight is 273 g/mol. The standard InChI is InChI=1S/C13H15N5O2/c1-3-10-11(12(15-2)17-13(14)16-10)8-4-6-9(7-5-8)18(19)20/h4-7H,3H2,1-2H3,(H3,14,15,16,17). The second kappa shape index (κ2) is 5.52. The van der Waals surface area contributed by atoms with Crippen molar-refractivity contribution in [2.24, 2.45) is 0 Å². The number of nitro groups is 1. The van der Waals surface area contributed by atoms with Gasteiger partial charge in [-0.1, -0.05) is 6.92 Å². The predicted molar refractivity (Wildman–Crippen MR) is 77.5 cm³/mol. The van der Waals surface area contributed by atoms with Gasteiger partial charge in [-0.25, -0.2) is 4.98 Å². The van der Waals surface area contributed by atoms with Crippen LogP contribution in [0.2, 0.25) is 0 Å². The van der Waals surface area contributed by atoms with E-state index in [4.69, 9.17) is 5.73 Å². The van der Waals surface area contributed by atoms with Crippen molar-refractivity contribution in [3.63, 3.8) is 0 Å². The van der Waals surface area contributed by atoms with Gasteiger partial charge in [-0.15, -0.1) is 0 Å². The summed E-state index contributed by atoms with van der Waals surface area (Å²) in [6.07, 6.45) is 0.688. The van der Waals surface area contributed by atoms with Crippen molar-refractivity contribution in [2.75, 3.05) is 18.1 Å². The number of hydrogen-bond donors (Lipinski definition) is 2. The van der Waals surface area contributed by atoms with Crippen molar-refractivity contribution >= 4 is 17.5 Å². The fraction of sp³-hybridized carbons (Fsp3) is 0.231. The molecule has 0 saturated heterocycles. The molecule has 2 rings (SSSR count). The van der Waals surface area contributed by atoms with Crippen LogP contribution in [0.15, 0.2) is 24.3 Å². The second-order valence-corrected chi connectivity index (χ2v) is 4.16. The number of non-ortho nitro benzene ring substituents is 1. The summed E-state index contributed by atoms with van der Waals surface area (Å²) in [6.45, 7) is 1.97. The zero-order valence-corrected chi connectivity index (χ0v) is 11.3. The van der Waals surface area contributed by atoms with Crippen molar-refractivity contribution in [3.8, 4) is 11.1 Å². The molecule has 0 atom stereocenters. The van der Waals surface area contributed by atoms with Gasteiger partial charge >= 0.3 is 0 Å². The van der Waals surface area contributed by atoms with Crippen molar-refractivity contribution < 1.29 is 4.92 Å². The molecule has 0 aliphatic carbocycles. The molecule has 0 bridgehead atoms. The lowest BCUT2D eigenvalue weighted by atomic mass is 10.0. The van der Waals surface area contributed by atoms with Crippen LogP contribution in [0.25, 0.3) is 11.1 Å². The van der Waals surface area contributed by atoms with Crippen LogP contribution in [0.4, 0.5) is 17.5 Å². The van der Waals surface area contributed by atoms with E-state index in [1.807, 2.05) is 6.92 Å². The Hall–Kier alpha value is -2.70. The van der Waals surface area contributed by atoms with Gasteiger partial charge in [0.1, 0.15) is 5.82 Å². The highest BCUT2D eigenvalue weighted by Crippen LogP contribution is 2.31. The number of aromatic nitrogens is 2. The average Bonchev–Trinajstić information content (AvgIpc) is 2.46. The lowest BCUT2D eigenvalue weighted by Crippen LogP contribution is -2.06. The Labute approximate surface area is 116 Å². The molecule has 1 aromatic heterocycles. The van der Waals surface area contributed by atoms with Crippen LogP contribution in [0.3, 0.4) is 0 Å². The molecule has 0 spiro atoms. The fourth-order valence-corrected chi connectivity index (χ4v) is 2.02. The summed E-state index contributed by atoms with van der Waals surface area (Å²) in [5.74, 6) is 0.820. The normalized spacial score (nSPS) is 10.3. The molecule has 0 saturated carbocycles. The lowest BCUT2D eigenvalue weighted by molar-refractivity contribution is -0.384. The highest BCUT2D eigenvalue weighted by atomic mass is 16.6. The molecule has 3 N–H and O–H groups in total. The first-order chi connectivity index (χ1) is 9.56. The Morgan fingerprint density at radius 3 is 2.45 bits per heavy atom.